The molecule has 1 spiro atoms. The molecule has 1 saturated carbocycles. The van der Waals surface area contributed by atoms with Crippen LogP contribution in [0.2, 0.25) is 0 Å². The maximum atomic E-state index is 12.8. The maximum Gasteiger partial charge on any atom is 0.329 e. The molecular weight excluding hydrogens is 258 g/mol. The maximum absolute atomic E-state index is 12.8. The Hall–Kier alpha value is -1.14. The summed E-state index contributed by atoms with van der Waals surface area (Å²) in [5, 5.41) is 3.00. The van der Waals surface area contributed by atoms with Crippen molar-refractivity contribution < 1.29 is 19.2 Å². The first-order valence-electron chi connectivity index (χ1n) is 7.69. The molecule has 3 amide bonds. The summed E-state index contributed by atoms with van der Waals surface area (Å²) in [4.78, 5) is 27.7. The van der Waals surface area contributed by atoms with Gasteiger partial charge in [-0.1, -0.05) is 19.8 Å². The molecule has 0 radical (unpaired) electrons. The molecule has 0 aromatic carbocycles. The minimum atomic E-state index is -0.624. The molecule has 0 aromatic rings. The van der Waals surface area contributed by atoms with Crippen LogP contribution in [0.15, 0.2) is 0 Å². The van der Waals surface area contributed by atoms with E-state index in [1.807, 2.05) is 0 Å². The van der Waals surface area contributed by atoms with Crippen LogP contribution in [0.3, 0.4) is 0 Å². The molecule has 0 bridgehead atoms. The van der Waals surface area contributed by atoms with Gasteiger partial charge < -0.3 is 15.0 Å². The molecule has 0 aromatic heterocycles. The monoisotopic (exact) mass is 282 g/mol. The molecule has 20 heavy (non-hydrogen) atoms. The van der Waals surface area contributed by atoms with E-state index in [4.69, 9.17) is 4.74 Å². The van der Waals surface area contributed by atoms with Crippen molar-refractivity contribution in [3.05, 3.63) is 0 Å². The van der Waals surface area contributed by atoms with Crippen LogP contribution in [0.5, 0.6) is 0 Å². The normalized spacial score (nSPS) is 35.6. The molecule has 3 aliphatic rings. The smallest absolute Gasteiger partial charge is 0.329 e. The van der Waals surface area contributed by atoms with Gasteiger partial charge in [0.15, 0.2) is 6.67 Å². The number of quaternary nitrogens is 1. The molecule has 0 unspecified atom stereocenters. The van der Waals surface area contributed by atoms with Crippen LogP contribution in [-0.4, -0.2) is 55.3 Å². The average Bonchev–Trinajstić information content (AvgIpc) is 2.69. The quantitative estimate of drug-likeness (QED) is 0.662. The van der Waals surface area contributed by atoms with E-state index in [2.05, 4.69) is 12.2 Å². The van der Waals surface area contributed by atoms with Crippen molar-refractivity contribution >= 4 is 11.9 Å². The number of morpholine rings is 1. The number of amides is 3. The highest BCUT2D eigenvalue weighted by Crippen LogP contribution is 2.37. The van der Waals surface area contributed by atoms with Gasteiger partial charge in [-0.2, -0.15) is 0 Å². The minimum Gasteiger partial charge on any atom is -0.370 e. The SMILES string of the molecule is C[C@H]1CCCC[C@@]12NC(=O)N(C[NH+]1CCOCC1)C2=O. The number of urea groups is 1. The van der Waals surface area contributed by atoms with E-state index in [-0.39, 0.29) is 17.9 Å². The summed E-state index contributed by atoms with van der Waals surface area (Å²) >= 11 is 0. The van der Waals surface area contributed by atoms with Crippen molar-refractivity contribution in [3.8, 4) is 0 Å². The summed E-state index contributed by atoms with van der Waals surface area (Å²) < 4.78 is 5.32. The first-order valence-corrected chi connectivity index (χ1v) is 7.69. The van der Waals surface area contributed by atoms with Crippen LogP contribution in [0.25, 0.3) is 0 Å². The molecule has 2 heterocycles. The molecular formula is C14H24N3O3+. The Kier molecular flexibility index (Phi) is 3.69. The summed E-state index contributed by atoms with van der Waals surface area (Å²) in [6, 6.07) is -0.206. The highest BCUT2D eigenvalue weighted by molar-refractivity contribution is 6.07. The predicted molar refractivity (Wildman–Crippen MR) is 72.1 cm³/mol. The van der Waals surface area contributed by atoms with E-state index < -0.39 is 5.54 Å². The number of rotatable bonds is 2. The van der Waals surface area contributed by atoms with Gasteiger partial charge in [0.1, 0.15) is 18.6 Å². The summed E-state index contributed by atoms with van der Waals surface area (Å²) in [7, 11) is 0. The van der Waals surface area contributed by atoms with E-state index in [1.54, 1.807) is 0 Å². The zero-order chi connectivity index (χ0) is 14.2. The van der Waals surface area contributed by atoms with Gasteiger partial charge in [0.25, 0.3) is 5.91 Å². The lowest BCUT2D eigenvalue weighted by molar-refractivity contribution is -0.915. The molecule has 6 nitrogen and oxygen atoms in total. The Morgan fingerprint density at radius 1 is 1.35 bits per heavy atom. The Balaban J connectivity index is 1.72. The van der Waals surface area contributed by atoms with Crippen LogP contribution in [0.4, 0.5) is 4.79 Å². The Morgan fingerprint density at radius 2 is 2.10 bits per heavy atom. The number of carbonyl (C=O) groups excluding carboxylic acids is 2. The summed E-state index contributed by atoms with van der Waals surface area (Å²) in [5.74, 6) is 0.228. The van der Waals surface area contributed by atoms with E-state index in [1.165, 1.54) is 9.80 Å². The van der Waals surface area contributed by atoms with Crippen LogP contribution < -0.4 is 10.2 Å². The van der Waals surface area contributed by atoms with Gasteiger partial charge in [-0.05, 0) is 18.8 Å². The first-order chi connectivity index (χ1) is 9.63. The number of hydrogen-bond acceptors (Lipinski definition) is 3. The zero-order valence-corrected chi connectivity index (χ0v) is 12.1. The highest BCUT2D eigenvalue weighted by atomic mass is 16.5. The summed E-state index contributed by atoms with van der Waals surface area (Å²) in [6.07, 6.45) is 3.98. The summed E-state index contributed by atoms with van der Waals surface area (Å²) in [6.45, 7) is 5.70. The fraction of sp³-hybridized carbons (Fsp3) is 0.857. The molecule has 2 aliphatic heterocycles. The average molecular weight is 282 g/mol. The number of ether oxygens (including phenoxy) is 1. The van der Waals surface area contributed by atoms with E-state index in [9.17, 15) is 9.59 Å². The van der Waals surface area contributed by atoms with Gasteiger partial charge in [0, 0.05) is 0 Å². The zero-order valence-electron chi connectivity index (χ0n) is 12.1. The predicted octanol–water partition coefficient (Wildman–Crippen LogP) is -0.640. The lowest BCUT2D eigenvalue weighted by Crippen LogP contribution is -3.15. The lowest BCUT2D eigenvalue weighted by atomic mass is 9.73. The molecule has 6 heteroatoms. The third kappa shape index (κ3) is 2.20. The van der Waals surface area contributed by atoms with Crippen molar-refractivity contribution in [1.29, 1.82) is 0 Å². The van der Waals surface area contributed by atoms with Crippen LogP contribution in [0.1, 0.15) is 32.6 Å². The van der Waals surface area contributed by atoms with Gasteiger partial charge in [0.2, 0.25) is 0 Å². The largest absolute Gasteiger partial charge is 0.370 e. The standard InChI is InChI=1S/C14H23N3O3/c1-11-4-2-3-5-14(11)12(18)17(13(19)15-14)10-16-6-8-20-9-7-16/h11H,2-10H2,1H3,(H,15,19)/p+1/t11-,14+/m0/s1. The van der Waals surface area contributed by atoms with Crippen LogP contribution >= 0.6 is 0 Å². The Labute approximate surface area is 119 Å². The van der Waals surface area contributed by atoms with Crippen LogP contribution in [0, 0.1) is 5.92 Å². The fourth-order valence-corrected chi connectivity index (χ4v) is 3.68. The van der Waals surface area contributed by atoms with Crippen molar-refractivity contribution in [1.82, 2.24) is 10.2 Å². The van der Waals surface area contributed by atoms with E-state index in [0.717, 1.165) is 38.8 Å². The van der Waals surface area contributed by atoms with E-state index in [0.29, 0.717) is 19.9 Å². The molecule has 112 valence electrons. The second-order valence-corrected chi connectivity index (χ2v) is 6.30. The topological polar surface area (TPSA) is 63.1 Å². The number of nitrogens with one attached hydrogen (secondary N) is 2. The molecule has 1 aliphatic carbocycles. The first kappa shape index (κ1) is 13.8. The van der Waals surface area contributed by atoms with Crippen molar-refractivity contribution in [3.63, 3.8) is 0 Å². The van der Waals surface area contributed by atoms with Crippen molar-refractivity contribution in [2.24, 2.45) is 5.92 Å². The third-order valence-corrected chi connectivity index (χ3v) is 5.08. The fourth-order valence-electron chi connectivity index (χ4n) is 3.68. The Bertz CT molecular complexity index is 408. The van der Waals surface area contributed by atoms with Gasteiger partial charge in [0.05, 0.1) is 13.2 Å². The van der Waals surface area contributed by atoms with Gasteiger partial charge in [-0.25, -0.2) is 9.69 Å². The second kappa shape index (κ2) is 5.33. The minimum absolute atomic E-state index is 0.00584. The van der Waals surface area contributed by atoms with Gasteiger partial charge in [-0.15, -0.1) is 0 Å². The highest BCUT2D eigenvalue weighted by Gasteiger charge is 2.55. The van der Waals surface area contributed by atoms with Crippen molar-refractivity contribution in [2.45, 2.75) is 38.1 Å². The van der Waals surface area contributed by atoms with E-state index >= 15 is 0 Å². The number of carbonyl (C=O) groups is 2. The van der Waals surface area contributed by atoms with Crippen LogP contribution in [-0.2, 0) is 9.53 Å². The molecule has 2 saturated heterocycles. The Morgan fingerprint density at radius 3 is 2.80 bits per heavy atom. The van der Waals surface area contributed by atoms with Gasteiger partial charge in [-0.3, -0.25) is 4.79 Å². The number of imide groups is 1. The number of nitrogens with zero attached hydrogens (tertiary/aromatic N) is 1. The number of hydrogen-bond donors (Lipinski definition) is 2. The second-order valence-electron chi connectivity index (χ2n) is 6.30. The molecule has 2 atom stereocenters. The van der Waals surface area contributed by atoms with Gasteiger partial charge >= 0.3 is 6.03 Å². The van der Waals surface area contributed by atoms with Crippen molar-refractivity contribution in [2.75, 3.05) is 33.0 Å². The molecule has 3 rings (SSSR count). The summed E-state index contributed by atoms with van der Waals surface area (Å²) in [5.41, 5.74) is -0.624. The third-order valence-electron chi connectivity index (χ3n) is 5.08. The lowest BCUT2D eigenvalue weighted by Gasteiger charge is -2.37. The molecule has 2 N–H and O–H groups in total. The molecule has 3 fully saturated rings.